The third-order valence-corrected chi connectivity index (χ3v) is 3.10. The number of hydrogen-bond donors (Lipinski definition) is 0. The van der Waals surface area contributed by atoms with Crippen molar-refractivity contribution >= 4 is 63.0 Å². The molecule has 0 saturated carbocycles. The Morgan fingerprint density at radius 1 is 1.00 bits per heavy atom. The Morgan fingerprint density at radius 2 is 1.54 bits per heavy atom. The molecule has 0 aliphatic heterocycles. The van der Waals surface area contributed by atoms with Gasteiger partial charge in [0.1, 0.15) is 10.8 Å². The summed E-state index contributed by atoms with van der Waals surface area (Å²) in [5.74, 6) is 0. The maximum atomic E-state index is 5.78. The van der Waals surface area contributed by atoms with Crippen molar-refractivity contribution < 1.29 is 0 Å². The molecule has 0 aliphatic carbocycles. The molecular weight excluding hydrogens is 275 g/mol. The van der Waals surface area contributed by atoms with Crippen LogP contribution in [0.4, 0.5) is 0 Å². The Morgan fingerprint density at radius 3 is 2.00 bits per heavy atom. The second-order valence-corrected chi connectivity index (χ2v) is 4.05. The fourth-order valence-electron chi connectivity index (χ4n) is 0.667. The van der Waals surface area contributed by atoms with Gasteiger partial charge in [-0.25, -0.2) is 4.98 Å². The van der Waals surface area contributed by atoms with Gasteiger partial charge in [0.25, 0.3) is 0 Å². The van der Waals surface area contributed by atoms with Gasteiger partial charge in [0.05, 0.1) is 20.1 Å². The molecule has 1 aromatic heterocycles. The van der Waals surface area contributed by atoms with Crippen molar-refractivity contribution in [2.45, 2.75) is 0 Å². The van der Waals surface area contributed by atoms with Crippen molar-refractivity contribution in [3.8, 4) is 0 Å². The van der Waals surface area contributed by atoms with Crippen molar-refractivity contribution in [2.24, 2.45) is 0 Å². The third-order valence-electron chi connectivity index (χ3n) is 1.24. The van der Waals surface area contributed by atoms with E-state index in [4.69, 9.17) is 58.0 Å². The van der Waals surface area contributed by atoms with Gasteiger partial charge in [-0.2, -0.15) is 0 Å². The molecule has 70 valence electrons. The smallest absolute Gasteiger partial charge is 0.150 e. The summed E-state index contributed by atoms with van der Waals surface area (Å²) in [5.41, 5.74) is 0.239. The van der Waals surface area contributed by atoms with Gasteiger partial charge in [-0.05, 0) is 0 Å². The van der Waals surface area contributed by atoms with Crippen LogP contribution in [0.2, 0.25) is 20.2 Å². The minimum absolute atomic E-state index is 0.0490. The summed E-state index contributed by atoms with van der Waals surface area (Å²) < 4.78 is 0. The highest BCUT2D eigenvalue weighted by atomic mass is 35.5. The SMILES string of the molecule is C=C(Cl)c1nc(Cl)c(Cl)c(Cl)c1Cl. The minimum atomic E-state index is 0.0490. The molecule has 0 unspecified atom stereocenters. The van der Waals surface area contributed by atoms with Crippen molar-refractivity contribution in [3.63, 3.8) is 0 Å². The molecule has 0 bridgehead atoms. The summed E-state index contributed by atoms with van der Waals surface area (Å²) in [7, 11) is 0. The average Bonchev–Trinajstić information content (AvgIpc) is 2.07. The molecule has 1 aromatic rings. The van der Waals surface area contributed by atoms with Crippen LogP contribution in [0.3, 0.4) is 0 Å². The molecule has 1 heterocycles. The maximum absolute atomic E-state index is 5.78. The predicted octanol–water partition coefficient (Wildman–Crippen LogP) is 4.90. The minimum Gasteiger partial charge on any atom is -0.232 e. The summed E-state index contributed by atoms with van der Waals surface area (Å²) in [6, 6.07) is 0. The van der Waals surface area contributed by atoms with Gasteiger partial charge in [0.15, 0.2) is 0 Å². The van der Waals surface area contributed by atoms with Gasteiger partial charge >= 0.3 is 0 Å². The molecule has 0 radical (unpaired) electrons. The molecule has 0 spiro atoms. The molecule has 0 N–H and O–H groups in total. The van der Waals surface area contributed by atoms with Gasteiger partial charge < -0.3 is 0 Å². The Hall–Kier alpha value is 0.340. The van der Waals surface area contributed by atoms with Crippen LogP contribution in [0.1, 0.15) is 5.69 Å². The zero-order valence-electron chi connectivity index (χ0n) is 6.04. The normalized spacial score (nSPS) is 10.2. The van der Waals surface area contributed by atoms with Crippen LogP contribution in [0.25, 0.3) is 5.03 Å². The largest absolute Gasteiger partial charge is 0.232 e. The van der Waals surface area contributed by atoms with E-state index in [0.29, 0.717) is 0 Å². The lowest BCUT2D eigenvalue weighted by atomic mass is 10.3. The molecule has 0 fully saturated rings. The van der Waals surface area contributed by atoms with Crippen LogP contribution in [0.5, 0.6) is 0 Å². The Balaban J connectivity index is 3.50. The monoisotopic (exact) mass is 275 g/mol. The van der Waals surface area contributed by atoms with E-state index in [2.05, 4.69) is 11.6 Å². The van der Waals surface area contributed by atoms with E-state index in [-0.39, 0.29) is 30.9 Å². The molecule has 0 amide bonds. The molecule has 6 heteroatoms. The van der Waals surface area contributed by atoms with Crippen LogP contribution >= 0.6 is 58.0 Å². The van der Waals surface area contributed by atoms with Gasteiger partial charge in [0, 0.05) is 0 Å². The lowest BCUT2D eigenvalue weighted by Crippen LogP contribution is -1.89. The standard InChI is InChI=1S/C7H2Cl5N/c1-2(8)6-4(10)3(9)5(11)7(12)13-6/h1H2. The first kappa shape index (κ1) is 11.4. The highest BCUT2D eigenvalue weighted by Crippen LogP contribution is 2.38. The van der Waals surface area contributed by atoms with Gasteiger partial charge in [-0.15, -0.1) is 0 Å². The van der Waals surface area contributed by atoms with Crippen LogP contribution in [-0.2, 0) is 0 Å². The molecule has 1 rings (SSSR count). The van der Waals surface area contributed by atoms with Crippen molar-refractivity contribution in [2.75, 3.05) is 0 Å². The Kier molecular flexibility index (Phi) is 3.73. The summed E-state index contributed by atoms with van der Waals surface area (Å²) in [5, 5.41) is 0.588. The first-order valence-electron chi connectivity index (χ1n) is 3.00. The summed E-state index contributed by atoms with van der Waals surface area (Å²) in [4.78, 5) is 3.82. The molecule has 0 aromatic carbocycles. The third kappa shape index (κ3) is 2.23. The van der Waals surface area contributed by atoms with Gasteiger partial charge in [0.2, 0.25) is 0 Å². The molecule has 1 nitrogen and oxygen atoms in total. The number of pyridine rings is 1. The summed E-state index contributed by atoms with van der Waals surface area (Å²) in [6.07, 6.45) is 0. The van der Waals surface area contributed by atoms with E-state index in [1.165, 1.54) is 0 Å². The zero-order valence-corrected chi connectivity index (χ0v) is 9.82. The molecule has 0 atom stereocenters. The Labute approximate surface area is 100 Å². The first-order valence-corrected chi connectivity index (χ1v) is 4.89. The van der Waals surface area contributed by atoms with E-state index in [0.717, 1.165) is 0 Å². The lowest BCUT2D eigenvalue weighted by Gasteiger charge is -2.05. The van der Waals surface area contributed by atoms with Crippen LogP contribution in [-0.4, -0.2) is 4.98 Å². The topological polar surface area (TPSA) is 12.9 Å². The van der Waals surface area contributed by atoms with E-state index < -0.39 is 0 Å². The summed E-state index contributed by atoms with van der Waals surface area (Å²) >= 11 is 28.5. The number of rotatable bonds is 1. The molecule has 0 saturated heterocycles. The van der Waals surface area contributed by atoms with Crippen LogP contribution < -0.4 is 0 Å². The fourth-order valence-corrected chi connectivity index (χ4v) is 1.69. The van der Waals surface area contributed by atoms with E-state index in [1.54, 1.807) is 0 Å². The Bertz CT molecular complexity index is 374. The highest BCUT2D eigenvalue weighted by Gasteiger charge is 2.15. The number of aromatic nitrogens is 1. The predicted molar refractivity (Wildman–Crippen MR) is 59.2 cm³/mol. The quantitative estimate of drug-likeness (QED) is 0.665. The number of hydrogen-bond acceptors (Lipinski definition) is 1. The average molecular weight is 277 g/mol. The summed E-state index contributed by atoms with van der Waals surface area (Å²) in [6.45, 7) is 3.46. The van der Waals surface area contributed by atoms with Gasteiger partial charge in [-0.1, -0.05) is 64.6 Å². The molecular formula is C7H2Cl5N. The van der Waals surface area contributed by atoms with Gasteiger partial charge in [-0.3, -0.25) is 0 Å². The van der Waals surface area contributed by atoms with Crippen molar-refractivity contribution in [3.05, 3.63) is 32.5 Å². The van der Waals surface area contributed by atoms with Crippen molar-refractivity contribution in [1.82, 2.24) is 4.98 Å². The maximum Gasteiger partial charge on any atom is 0.150 e. The van der Waals surface area contributed by atoms with Crippen LogP contribution in [0.15, 0.2) is 6.58 Å². The van der Waals surface area contributed by atoms with Crippen LogP contribution in [0, 0.1) is 0 Å². The number of nitrogens with zero attached hydrogens (tertiary/aromatic N) is 1. The number of halogens is 5. The van der Waals surface area contributed by atoms with E-state index >= 15 is 0 Å². The second-order valence-electron chi connectivity index (χ2n) is 2.10. The first-order chi connectivity index (χ1) is 5.95. The lowest BCUT2D eigenvalue weighted by molar-refractivity contribution is 1.29. The van der Waals surface area contributed by atoms with E-state index in [1.807, 2.05) is 0 Å². The highest BCUT2D eigenvalue weighted by molar-refractivity contribution is 6.54. The molecule has 13 heavy (non-hydrogen) atoms. The van der Waals surface area contributed by atoms with Crippen molar-refractivity contribution in [1.29, 1.82) is 0 Å². The van der Waals surface area contributed by atoms with E-state index in [9.17, 15) is 0 Å². The molecule has 0 aliphatic rings. The fraction of sp³-hybridized carbons (Fsp3) is 0. The zero-order chi connectivity index (χ0) is 10.2. The second kappa shape index (κ2) is 4.24.